The number of aliphatic carboxylic acids is 1. The van der Waals surface area contributed by atoms with E-state index in [1.807, 2.05) is 0 Å². The molecule has 2 N–H and O–H groups in total. The molecular weight excluding hydrogens is 172 g/mol. The average molecular weight is 184 g/mol. The Kier molecular flexibility index (Phi) is 1.95. The second-order valence-electron chi connectivity index (χ2n) is 3.47. The Bertz CT molecular complexity index is 250. The lowest BCUT2D eigenvalue weighted by Gasteiger charge is -2.42. The van der Waals surface area contributed by atoms with Gasteiger partial charge in [0, 0.05) is 6.54 Å². The largest absolute Gasteiger partial charge is 0.480 e. The fourth-order valence-corrected chi connectivity index (χ4v) is 1.61. The molecule has 2 fully saturated rings. The van der Waals surface area contributed by atoms with Crippen LogP contribution in [-0.4, -0.2) is 47.1 Å². The van der Waals surface area contributed by atoms with Gasteiger partial charge in [-0.15, -0.1) is 0 Å². The van der Waals surface area contributed by atoms with E-state index in [9.17, 15) is 9.59 Å². The van der Waals surface area contributed by atoms with Gasteiger partial charge in [0.1, 0.15) is 6.04 Å². The van der Waals surface area contributed by atoms with Crippen LogP contribution in [0.5, 0.6) is 0 Å². The summed E-state index contributed by atoms with van der Waals surface area (Å²) in [6.07, 6.45) is 1.43. The van der Waals surface area contributed by atoms with Crippen molar-refractivity contribution >= 4 is 11.9 Å². The zero-order valence-corrected chi connectivity index (χ0v) is 7.19. The summed E-state index contributed by atoms with van der Waals surface area (Å²) in [7, 11) is 0. The van der Waals surface area contributed by atoms with E-state index in [1.165, 1.54) is 4.90 Å². The van der Waals surface area contributed by atoms with Gasteiger partial charge in [0.25, 0.3) is 0 Å². The van der Waals surface area contributed by atoms with E-state index in [0.29, 0.717) is 13.0 Å². The topological polar surface area (TPSA) is 69.6 Å². The lowest BCUT2D eigenvalue weighted by Crippen LogP contribution is -2.63. The molecule has 2 atom stereocenters. The highest BCUT2D eigenvalue weighted by Crippen LogP contribution is 2.20. The van der Waals surface area contributed by atoms with Crippen LogP contribution in [0.3, 0.4) is 0 Å². The monoisotopic (exact) mass is 184 g/mol. The van der Waals surface area contributed by atoms with Gasteiger partial charge >= 0.3 is 5.97 Å². The maximum absolute atomic E-state index is 11.5. The van der Waals surface area contributed by atoms with Crippen LogP contribution >= 0.6 is 0 Å². The number of carboxylic acids is 1. The van der Waals surface area contributed by atoms with Crippen LogP contribution in [-0.2, 0) is 9.59 Å². The van der Waals surface area contributed by atoms with Gasteiger partial charge in [-0.1, -0.05) is 0 Å². The molecule has 13 heavy (non-hydrogen) atoms. The van der Waals surface area contributed by atoms with Crippen molar-refractivity contribution < 1.29 is 14.7 Å². The van der Waals surface area contributed by atoms with Crippen LogP contribution in [0, 0.1) is 0 Å². The zero-order chi connectivity index (χ0) is 9.42. The van der Waals surface area contributed by atoms with Gasteiger partial charge in [0.05, 0.1) is 6.04 Å². The van der Waals surface area contributed by atoms with Gasteiger partial charge in [-0.3, -0.25) is 4.79 Å². The molecule has 0 bridgehead atoms. The molecule has 0 radical (unpaired) electrons. The molecule has 2 heterocycles. The number of hydrogen-bond acceptors (Lipinski definition) is 3. The fraction of sp³-hybridized carbons (Fsp3) is 0.750. The van der Waals surface area contributed by atoms with E-state index in [-0.39, 0.29) is 11.9 Å². The fourth-order valence-electron chi connectivity index (χ4n) is 1.61. The van der Waals surface area contributed by atoms with E-state index < -0.39 is 12.0 Å². The standard InChI is InChI=1S/C8H12N2O3/c11-7(5-1-3-9-5)10-4-2-6(10)8(12)13/h5-6,9H,1-4H2,(H,12,13)/t5-,6-/m0/s1. The molecule has 0 spiro atoms. The third kappa shape index (κ3) is 1.29. The summed E-state index contributed by atoms with van der Waals surface area (Å²) in [5, 5.41) is 11.7. The number of carbonyl (C=O) groups is 2. The highest BCUT2D eigenvalue weighted by atomic mass is 16.4. The minimum atomic E-state index is -0.890. The van der Waals surface area contributed by atoms with E-state index in [0.717, 1.165) is 13.0 Å². The highest BCUT2D eigenvalue weighted by Gasteiger charge is 2.41. The molecule has 0 aromatic rings. The Balaban J connectivity index is 1.93. The molecule has 0 aromatic carbocycles. The molecule has 72 valence electrons. The van der Waals surface area contributed by atoms with Crippen LogP contribution in [0.2, 0.25) is 0 Å². The normalized spacial score (nSPS) is 31.8. The Morgan fingerprint density at radius 2 is 2.08 bits per heavy atom. The third-order valence-corrected chi connectivity index (χ3v) is 2.71. The van der Waals surface area contributed by atoms with Gasteiger partial charge in [0.15, 0.2) is 0 Å². The van der Waals surface area contributed by atoms with E-state index in [2.05, 4.69) is 5.32 Å². The maximum atomic E-state index is 11.5. The summed E-state index contributed by atoms with van der Waals surface area (Å²) >= 11 is 0. The Hall–Kier alpha value is -1.10. The first-order valence-electron chi connectivity index (χ1n) is 4.47. The lowest BCUT2D eigenvalue weighted by molar-refractivity contribution is -0.159. The Morgan fingerprint density at radius 3 is 2.38 bits per heavy atom. The minimum Gasteiger partial charge on any atom is -0.480 e. The molecule has 2 rings (SSSR count). The van der Waals surface area contributed by atoms with Crippen molar-refractivity contribution in [3.63, 3.8) is 0 Å². The molecule has 5 nitrogen and oxygen atoms in total. The van der Waals surface area contributed by atoms with Gasteiger partial charge in [-0.2, -0.15) is 0 Å². The van der Waals surface area contributed by atoms with Crippen LogP contribution in [0.4, 0.5) is 0 Å². The first-order chi connectivity index (χ1) is 6.20. The predicted octanol–water partition coefficient (Wildman–Crippen LogP) is -0.966. The summed E-state index contributed by atoms with van der Waals surface area (Å²) in [6.45, 7) is 1.45. The van der Waals surface area contributed by atoms with Crippen molar-refractivity contribution in [1.29, 1.82) is 0 Å². The third-order valence-electron chi connectivity index (χ3n) is 2.71. The molecule has 0 aliphatic carbocycles. The van der Waals surface area contributed by atoms with Gasteiger partial charge in [0.2, 0.25) is 5.91 Å². The number of likely N-dealkylation sites (tertiary alicyclic amines) is 1. The number of carbonyl (C=O) groups excluding carboxylic acids is 1. The van der Waals surface area contributed by atoms with Crippen LogP contribution in [0.25, 0.3) is 0 Å². The molecule has 0 saturated carbocycles. The average Bonchev–Trinajstić information content (AvgIpc) is 1.76. The van der Waals surface area contributed by atoms with Crippen molar-refractivity contribution in [2.24, 2.45) is 0 Å². The summed E-state index contributed by atoms with van der Waals surface area (Å²) < 4.78 is 0. The van der Waals surface area contributed by atoms with E-state index in [4.69, 9.17) is 5.11 Å². The van der Waals surface area contributed by atoms with E-state index >= 15 is 0 Å². The molecule has 0 unspecified atom stereocenters. The second-order valence-corrected chi connectivity index (χ2v) is 3.47. The lowest BCUT2D eigenvalue weighted by atomic mass is 9.98. The van der Waals surface area contributed by atoms with Crippen molar-refractivity contribution in [3.05, 3.63) is 0 Å². The number of hydrogen-bond donors (Lipinski definition) is 2. The zero-order valence-electron chi connectivity index (χ0n) is 7.19. The van der Waals surface area contributed by atoms with Crippen molar-refractivity contribution in [1.82, 2.24) is 10.2 Å². The molecule has 0 aromatic heterocycles. The van der Waals surface area contributed by atoms with Crippen LogP contribution in [0.15, 0.2) is 0 Å². The Morgan fingerprint density at radius 1 is 1.38 bits per heavy atom. The molecule has 2 aliphatic rings. The van der Waals surface area contributed by atoms with Gasteiger partial charge in [-0.25, -0.2) is 4.79 Å². The first kappa shape index (κ1) is 8.50. The minimum absolute atomic E-state index is 0.0510. The molecule has 5 heteroatoms. The van der Waals surface area contributed by atoms with Gasteiger partial charge in [-0.05, 0) is 19.4 Å². The van der Waals surface area contributed by atoms with Crippen LogP contribution < -0.4 is 5.32 Å². The summed E-state index contributed by atoms with van der Waals surface area (Å²) in [4.78, 5) is 23.6. The van der Waals surface area contributed by atoms with Crippen molar-refractivity contribution in [2.75, 3.05) is 13.1 Å². The number of rotatable bonds is 2. The van der Waals surface area contributed by atoms with Crippen LogP contribution in [0.1, 0.15) is 12.8 Å². The highest BCUT2D eigenvalue weighted by molar-refractivity contribution is 5.89. The molecule has 2 saturated heterocycles. The maximum Gasteiger partial charge on any atom is 0.326 e. The quantitative estimate of drug-likeness (QED) is 0.579. The van der Waals surface area contributed by atoms with Gasteiger partial charge < -0.3 is 15.3 Å². The summed E-state index contributed by atoms with van der Waals surface area (Å²) in [5.41, 5.74) is 0. The number of nitrogens with one attached hydrogen (secondary N) is 1. The first-order valence-corrected chi connectivity index (χ1v) is 4.47. The Labute approximate surface area is 75.7 Å². The number of nitrogens with zero attached hydrogens (tertiary/aromatic N) is 1. The molecular formula is C8H12N2O3. The SMILES string of the molecule is O=C(O)[C@@H]1CCN1C(=O)[C@@H]1CCN1. The van der Waals surface area contributed by atoms with E-state index in [1.54, 1.807) is 0 Å². The van der Waals surface area contributed by atoms with Crippen molar-refractivity contribution in [3.8, 4) is 0 Å². The summed E-state index contributed by atoms with van der Waals surface area (Å²) in [5.74, 6) is -0.941. The number of amides is 1. The molecule has 1 amide bonds. The molecule has 2 aliphatic heterocycles. The van der Waals surface area contributed by atoms with Crippen molar-refractivity contribution in [2.45, 2.75) is 24.9 Å². The second kappa shape index (κ2) is 2.99. The smallest absolute Gasteiger partial charge is 0.326 e. The number of carboxylic acid groups (broad SMARTS) is 1. The predicted molar refractivity (Wildman–Crippen MR) is 44.2 cm³/mol. The summed E-state index contributed by atoms with van der Waals surface area (Å²) in [6, 6.07) is -0.697.